The summed E-state index contributed by atoms with van der Waals surface area (Å²) in [5.41, 5.74) is 3.59. The van der Waals surface area contributed by atoms with Crippen molar-refractivity contribution in [3.63, 3.8) is 0 Å². The molecule has 0 saturated heterocycles. The fourth-order valence-electron chi connectivity index (χ4n) is 3.08. The minimum atomic E-state index is 0.502. The zero-order chi connectivity index (χ0) is 12.9. The Labute approximate surface area is 122 Å². The molecule has 1 aromatic carbocycles. The molecule has 1 aromatic rings. The second kappa shape index (κ2) is 4.63. The number of likely N-dealkylation sites (N-methyl/N-ethyl adjacent to an activating group) is 1. The Morgan fingerprint density at radius 3 is 2.72 bits per heavy atom. The van der Waals surface area contributed by atoms with Gasteiger partial charge in [-0.25, -0.2) is 0 Å². The Hall–Kier alpha value is -0.370. The molecule has 1 atom stereocenters. The summed E-state index contributed by atoms with van der Waals surface area (Å²) in [4.78, 5) is 2.21. The normalized spacial score (nSPS) is 21.8. The first kappa shape index (κ1) is 12.7. The van der Waals surface area contributed by atoms with Gasteiger partial charge in [-0.15, -0.1) is 0 Å². The van der Waals surface area contributed by atoms with Crippen LogP contribution >= 0.6 is 34.8 Å². The van der Waals surface area contributed by atoms with Crippen molar-refractivity contribution in [2.75, 3.05) is 13.6 Å². The van der Waals surface area contributed by atoms with Crippen molar-refractivity contribution in [1.82, 2.24) is 4.90 Å². The Balaban J connectivity index is 2.31. The first-order valence-corrected chi connectivity index (χ1v) is 7.30. The molecule has 1 heterocycles. The molecular formula is C14H14Cl3N. The molecule has 1 aliphatic carbocycles. The predicted molar refractivity (Wildman–Crippen MR) is 78.8 cm³/mol. The van der Waals surface area contributed by atoms with E-state index in [9.17, 15) is 0 Å². The van der Waals surface area contributed by atoms with Crippen LogP contribution in [0.25, 0.3) is 6.08 Å². The summed E-state index contributed by atoms with van der Waals surface area (Å²) in [5, 5.41) is 1.75. The quantitative estimate of drug-likeness (QED) is 0.611. The van der Waals surface area contributed by atoms with Crippen molar-refractivity contribution in [3.05, 3.63) is 38.0 Å². The van der Waals surface area contributed by atoms with Gasteiger partial charge in [0.25, 0.3) is 0 Å². The molecule has 96 valence electrons. The Bertz CT molecular complexity index is 537. The van der Waals surface area contributed by atoms with Crippen molar-refractivity contribution >= 4 is 40.9 Å². The Morgan fingerprint density at radius 1 is 1.17 bits per heavy atom. The van der Waals surface area contributed by atoms with Crippen molar-refractivity contribution in [2.45, 2.75) is 25.2 Å². The van der Waals surface area contributed by atoms with Gasteiger partial charge in [-0.3, -0.25) is 0 Å². The van der Waals surface area contributed by atoms with E-state index in [1.165, 1.54) is 24.0 Å². The molecule has 0 spiro atoms. The van der Waals surface area contributed by atoms with E-state index in [0.717, 1.165) is 18.5 Å². The average Bonchev–Trinajstić information content (AvgIpc) is 2.53. The largest absolute Gasteiger partial charge is 0.380 e. The van der Waals surface area contributed by atoms with Crippen LogP contribution in [0, 0.1) is 0 Å². The van der Waals surface area contributed by atoms with Gasteiger partial charge >= 0.3 is 0 Å². The van der Waals surface area contributed by atoms with Gasteiger partial charge in [-0.1, -0.05) is 34.8 Å². The molecule has 0 saturated carbocycles. The highest BCUT2D eigenvalue weighted by Gasteiger charge is 2.30. The van der Waals surface area contributed by atoms with Crippen LogP contribution in [0.4, 0.5) is 0 Å². The third kappa shape index (κ3) is 1.84. The Morgan fingerprint density at radius 2 is 1.94 bits per heavy atom. The minimum absolute atomic E-state index is 0.502. The van der Waals surface area contributed by atoms with E-state index >= 15 is 0 Å². The smallest absolute Gasteiger partial charge is 0.0787 e. The number of hydrogen-bond acceptors (Lipinski definition) is 1. The van der Waals surface area contributed by atoms with E-state index in [2.05, 4.69) is 24.2 Å². The lowest BCUT2D eigenvalue weighted by atomic mass is 9.80. The maximum atomic E-state index is 6.37. The number of nitrogens with zero attached hydrogens (tertiary/aromatic N) is 1. The molecule has 18 heavy (non-hydrogen) atoms. The summed E-state index contributed by atoms with van der Waals surface area (Å²) in [5.74, 6) is 0.510. The van der Waals surface area contributed by atoms with E-state index in [4.69, 9.17) is 34.8 Å². The van der Waals surface area contributed by atoms with Gasteiger partial charge < -0.3 is 4.90 Å². The molecule has 3 rings (SSSR count). The molecule has 0 fully saturated rings. The van der Waals surface area contributed by atoms with Crippen LogP contribution in [-0.2, 0) is 6.42 Å². The summed E-state index contributed by atoms with van der Waals surface area (Å²) < 4.78 is 0. The predicted octanol–water partition coefficient (Wildman–Crippen LogP) is 4.98. The SMILES string of the molecule is CN1C=Cc2c(Cl)c(Cl)c(Cl)c3c2C(CCC3)C1. The van der Waals surface area contributed by atoms with Gasteiger partial charge in [-0.2, -0.15) is 0 Å². The summed E-state index contributed by atoms with van der Waals surface area (Å²) in [6, 6.07) is 0. The number of halogens is 3. The van der Waals surface area contributed by atoms with Crippen molar-refractivity contribution < 1.29 is 0 Å². The van der Waals surface area contributed by atoms with Crippen LogP contribution in [0.1, 0.15) is 35.4 Å². The summed E-state index contributed by atoms with van der Waals surface area (Å²) in [6.07, 6.45) is 7.51. The molecule has 1 aliphatic heterocycles. The molecule has 0 amide bonds. The molecule has 2 aliphatic rings. The number of benzene rings is 1. The summed E-state index contributed by atoms with van der Waals surface area (Å²) in [6.45, 7) is 1.02. The van der Waals surface area contributed by atoms with Crippen LogP contribution in [0.2, 0.25) is 15.1 Å². The lowest BCUT2D eigenvalue weighted by Crippen LogP contribution is -2.22. The third-order valence-corrected chi connectivity index (χ3v) is 5.27. The maximum absolute atomic E-state index is 6.37. The fraction of sp³-hybridized carbons (Fsp3) is 0.429. The monoisotopic (exact) mass is 301 g/mol. The lowest BCUT2D eigenvalue weighted by molar-refractivity contribution is 0.390. The second-order valence-corrected chi connectivity index (χ2v) is 6.23. The first-order valence-electron chi connectivity index (χ1n) is 6.17. The van der Waals surface area contributed by atoms with Gasteiger partial charge in [0.15, 0.2) is 0 Å². The first-order chi connectivity index (χ1) is 8.59. The summed E-state index contributed by atoms with van der Waals surface area (Å²) in [7, 11) is 2.09. The van der Waals surface area contributed by atoms with E-state index in [-0.39, 0.29) is 0 Å². The topological polar surface area (TPSA) is 3.24 Å². The summed E-state index contributed by atoms with van der Waals surface area (Å²) >= 11 is 19.0. The van der Waals surface area contributed by atoms with Gasteiger partial charge in [0.1, 0.15) is 0 Å². The third-order valence-electron chi connectivity index (χ3n) is 3.89. The van der Waals surface area contributed by atoms with Gasteiger partial charge in [-0.05, 0) is 48.2 Å². The van der Waals surface area contributed by atoms with Gasteiger partial charge in [0, 0.05) is 19.5 Å². The average molecular weight is 303 g/mol. The van der Waals surface area contributed by atoms with Gasteiger partial charge in [0.2, 0.25) is 0 Å². The Kier molecular flexibility index (Phi) is 3.25. The van der Waals surface area contributed by atoms with Crippen LogP contribution in [-0.4, -0.2) is 18.5 Å². The zero-order valence-corrected chi connectivity index (χ0v) is 12.4. The highest BCUT2D eigenvalue weighted by Crippen LogP contribution is 2.47. The molecule has 1 unspecified atom stereocenters. The van der Waals surface area contributed by atoms with Crippen LogP contribution in [0.5, 0.6) is 0 Å². The van der Waals surface area contributed by atoms with Gasteiger partial charge in [0.05, 0.1) is 15.1 Å². The molecular weight excluding hydrogens is 289 g/mol. The molecule has 0 N–H and O–H groups in total. The van der Waals surface area contributed by atoms with E-state index in [0.29, 0.717) is 21.0 Å². The highest BCUT2D eigenvalue weighted by molar-refractivity contribution is 6.49. The van der Waals surface area contributed by atoms with Crippen molar-refractivity contribution in [1.29, 1.82) is 0 Å². The molecule has 4 heteroatoms. The number of rotatable bonds is 0. The molecule has 0 radical (unpaired) electrons. The molecule has 0 bridgehead atoms. The number of hydrogen-bond donors (Lipinski definition) is 0. The zero-order valence-electron chi connectivity index (χ0n) is 10.1. The lowest BCUT2D eigenvalue weighted by Gasteiger charge is -2.29. The second-order valence-electron chi connectivity index (χ2n) is 5.09. The van der Waals surface area contributed by atoms with Crippen molar-refractivity contribution in [2.24, 2.45) is 0 Å². The molecule has 1 nitrogen and oxygen atoms in total. The standard InChI is InChI=1S/C14H14Cl3N/c1-18-6-5-10-11-8(7-18)3-2-4-9(11)12(15)14(17)13(10)16/h5-6,8H,2-4,7H2,1H3. The fourth-order valence-corrected chi connectivity index (χ4v) is 3.90. The van der Waals surface area contributed by atoms with Crippen LogP contribution < -0.4 is 0 Å². The maximum Gasteiger partial charge on any atom is 0.0787 e. The van der Waals surface area contributed by atoms with E-state index < -0.39 is 0 Å². The van der Waals surface area contributed by atoms with E-state index in [1.54, 1.807) is 0 Å². The van der Waals surface area contributed by atoms with Crippen LogP contribution in [0.3, 0.4) is 0 Å². The van der Waals surface area contributed by atoms with E-state index in [1.807, 2.05) is 0 Å². The van der Waals surface area contributed by atoms with Crippen molar-refractivity contribution in [3.8, 4) is 0 Å². The minimum Gasteiger partial charge on any atom is -0.380 e. The van der Waals surface area contributed by atoms with Crippen LogP contribution in [0.15, 0.2) is 6.20 Å². The highest BCUT2D eigenvalue weighted by atomic mass is 35.5. The molecule has 0 aromatic heterocycles.